The lowest BCUT2D eigenvalue weighted by atomic mass is 9.47. The number of fused-ring (bicyclic) bond motifs is 20. The van der Waals surface area contributed by atoms with Gasteiger partial charge in [0.25, 0.3) is 0 Å². The van der Waals surface area contributed by atoms with Gasteiger partial charge in [0.1, 0.15) is 11.2 Å². The van der Waals surface area contributed by atoms with Gasteiger partial charge in [0.15, 0.2) is 0 Å². The van der Waals surface area contributed by atoms with E-state index in [1.165, 1.54) is 153 Å². The normalized spacial score (nSPS) is 17.8. The molecule has 4 aliphatic rings. The lowest BCUT2D eigenvalue weighted by Crippen LogP contribution is -2.59. The summed E-state index contributed by atoms with van der Waals surface area (Å²) in [7, 11) is 0. The SMILES string of the molecule is CC(C)(C)c1ccc(N2B3c4sc5ccc(-c6ccccc6)cc5c4-n4c5cc6c(cc5c5c7oc8ccccc8c7c(c3c54)-c3cc4sc5cc7c(cc5c4cc32)C(C)(C)CCC7(C)C)C(C)(C)CCC6(C)C)cc1. The number of rotatable bonds is 2. The van der Waals surface area contributed by atoms with Crippen molar-refractivity contribution < 1.29 is 4.42 Å². The minimum Gasteiger partial charge on any atom is -0.455 e. The molecule has 0 spiro atoms. The molecule has 0 saturated carbocycles. The fourth-order valence-corrected chi connectivity index (χ4v) is 17.3. The van der Waals surface area contributed by atoms with E-state index in [2.05, 4.69) is 219 Å². The van der Waals surface area contributed by atoms with E-state index in [1.54, 1.807) is 0 Å². The predicted molar refractivity (Wildman–Crippen MR) is 330 cm³/mol. The van der Waals surface area contributed by atoms with Crippen molar-refractivity contribution >= 4 is 125 Å². The molecule has 6 heterocycles. The number of para-hydroxylation sites is 1. The fraction of sp³-hybridized carbons (Fsp3) is 0.286. The number of benzene rings is 8. The maximum atomic E-state index is 7.46. The van der Waals surface area contributed by atoms with E-state index in [4.69, 9.17) is 4.42 Å². The van der Waals surface area contributed by atoms with Crippen LogP contribution in [0.5, 0.6) is 0 Å². The van der Waals surface area contributed by atoms with Gasteiger partial charge in [-0.2, -0.15) is 0 Å². The lowest BCUT2D eigenvalue weighted by molar-refractivity contribution is 0.332. The molecule has 2 aliphatic heterocycles. The van der Waals surface area contributed by atoms with Gasteiger partial charge < -0.3 is 13.8 Å². The van der Waals surface area contributed by atoms with Gasteiger partial charge >= 0.3 is 6.85 Å². The van der Waals surface area contributed by atoms with E-state index in [0.29, 0.717) is 0 Å². The third-order valence-corrected chi connectivity index (χ3v) is 21.8. The minimum atomic E-state index is -0.134. The number of furan rings is 1. The molecular formula is C70H63BN2OS2. The molecule has 12 aromatic rings. The van der Waals surface area contributed by atoms with E-state index in [1.807, 2.05) is 22.7 Å². The Morgan fingerprint density at radius 1 is 0.526 bits per heavy atom. The Morgan fingerprint density at radius 3 is 1.84 bits per heavy atom. The van der Waals surface area contributed by atoms with Crippen LogP contribution in [0.1, 0.15) is 130 Å². The third kappa shape index (κ3) is 5.96. The fourth-order valence-electron chi connectivity index (χ4n) is 14.9. The van der Waals surface area contributed by atoms with Crippen LogP contribution < -0.4 is 15.1 Å². The van der Waals surface area contributed by atoms with Gasteiger partial charge in [0.2, 0.25) is 0 Å². The first-order chi connectivity index (χ1) is 36.3. The summed E-state index contributed by atoms with van der Waals surface area (Å²) < 4.78 is 15.6. The molecule has 0 atom stereocenters. The molecular weight excluding hydrogens is 960 g/mol. The van der Waals surface area contributed by atoms with Crippen LogP contribution in [0.15, 0.2) is 138 Å². The molecule has 3 nitrogen and oxygen atoms in total. The number of nitrogens with zero attached hydrogens (tertiary/aromatic N) is 2. The topological polar surface area (TPSA) is 21.3 Å². The highest BCUT2D eigenvalue weighted by Gasteiger charge is 2.49. The van der Waals surface area contributed by atoms with Crippen molar-refractivity contribution in [2.24, 2.45) is 0 Å². The van der Waals surface area contributed by atoms with E-state index in [0.717, 1.165) is 24.0 Å². The number of anilines is 2. The number of hydrogen-bond acceptors (Lipinski definition) is 4. The molecule has 374 valence electrons. The second-order valence-electron chi connectivity index (χ2n) is 26.9. The summed E-state index contributed by atoms with van der Waals surface area (Å²) in [6.45, 7) is 26.6. The second kappa shape index (κ2) is 14.7. The van der Waals surface area contributed by atoms with Crippen LogP contribution in [0.25, 0.3) is 102 Å². The van der Waals surface area contributed by atoms with Gasteiger partial charge in [-0.3, -0.25) is 0 Å². The monoisotopic (exact) mass is 1020 g/mol. The lowest BCUT2D eigenvalue weighted by Gasteiger charge is -2.42. The molecule has 0 radical (unpaired) electrons. The molecule has 0 unspecified atom stereocenters. The highest BCUT2D eigenvalue weighted by Crippen LogP contribution is 2.57. The number of thiophene rings is 2. The largest absolute Gasteiger partial charge is 0.455 e. The van der Waals surface area contributed by atoms with Gasteiger partial charge in [-0.05, 0) is 169 Å². The molecule has 16 rings (SSSR count). The van der Waals surface area contributed by atoms with Gasteiger partial charge in [0, 0.05) is 68.1 Å². The van der Waals surface area contributed by atoms with Crippen molar-refractivity contribution in [2.45, 2.75) is 129 Å². The number of hydrogen-bond donors (Lipinski definition) is 0. The Hall–Kier alpha value is -6.60. The van der Waals surface area contributed by atoms with Crippen molar-refractivity contribution in [3.63, 3.8) is 0 Å². The Labute approximate surface area is 454 Å². The molecule has 8 aromatic carbocycles. The molecule has 0 amide bonds. The molecule has 76 heavy (non-hydrogen) atoms. The zero-order chi connectivity index (χ0) is 51.9. The summed E-state index contributed by atoms with van der Waals surface area (Å²) in [5, 5.41) is 8.97. The average Bonchev–Trinajstić information content (AvgIpc) is 4.01. The predicted octanol–water partition coefficient (Wildman–Crippen LogP) is 19.2. The second-order valence-corrected chi connectivity index (χ2v) is 29.1. The summed E-state index contributed by atoms with van der Waals surface area (Å²) in [5.74, 6) is 0. The standard InChI is InChI=1S/C70H63BN2OS2/c1-66(2,3)40-22-24-41(25-23-40)73-53-34-44-43-32-48-51(70(10,11)30-28-67(48,4)5)37-57(43)75-56(44)35-46(53)58-59-42-19-15-16-20-54(42)74-64(59)60-45-33-49-50(69(8,9)29-27-68(49,6)7)36-52(45)72-62-47-31-39(38-17-13-12-14-18-38)21-26-55(47)76-65(62)71(73)61(58)63(60)72/h12-26,31-37H,27-30H2,1-11H3. The Kier molecular flexibility index (Phi) is 8.82. The first-order valence-electron chi connectivity index (χ1n) is 27.9. The van der Waals surface area contributed by atoms with Crippen LogP contribution in [-0.2, 0) is 27.1 Å². The molecule has 0 bridgehead atoms. The van der Waals surface area contributed by atoms with E-state index < -0.39 is 0 Å². The van der Waals surface area contributed by atoms with Crippen molar-refractivity contribution in [3.8, 4) is 27.9 Å². The Balaban J connectivity index is 1.12. The van der Waals surface area contributed by atoms with Gasteiger partial charge in [-0.1, -0.05) is 143 Å². The first-order valence-corrected chi connectivity index (χ1v) is 29.5. The maximum absolute atomic E-state index is 7.46. The Bertz CT molecular complexity index is 4570. The summed E-state index contributed by atoms with van der Waals surface area (Å²) in [4.78, 5) is 2.77. The highest BCUT2D eigenvalue weighted by atomic mass is 32.1. The number of aromatic nitrogens is 1. The zero-order valence-electron chi connectivity index (χ0n) is 45.7. The zero-order valence-corrected chi connectivity index (χ0v) is 47.4. The van der Waals surface area contributed by atoms with Crippen LogP contribution in [0.4, 0.5) is 11.4 Å². The smallest absolute Gasteiger partial charge is 0.343 e. The minimum absolute atomic E-state index is 0.0114. The molecule has 2 aliphatic carbocycles. The van der Waals surface area contributed by atoms with Crippen molar-refractivity contribution in [3.05, 3.63) is 161 Å². The third-order valence-electron chi connectivity index (χ3n) is 19.4. The quantitative estimate of drug-likeness (QED) is 0.161. The summed E-state index contributed by atoms with van der Waals surface area (Å²) in [5.41, 5.74) is 22.4. The summed E-state index contributed by atoms with van der Waals surface area (Å²) in [6, 6.07) is 52.4. The van der Waals surface area contributed by atoms with E-state index in [-0.39, 0.29) is 33.9 Å². The Morgan fingerprint density at radius 2 is 1.14 bits per heavy atom. The van der Waals surface area contributed by atoms with Crippen LogP contribution >= 0.6 is 22.7 Å². The molecule has 0 saturated heterocycles. The van der Waals surface area contributed by atoms with Crippen molar-refractivity contribution in [1.82, 2.24) is 4.57 Å². The summed E-state index contributed by atoms with van der Waals surface area (Å²) in [6.07, 6.45) is 4.70. The van der Waals surface area contributed by atoms with Crippen LogP contribution in [0, 0.1) is 0 Å². The van der Waals surface area contributed by atoms with E-state index in [9.17, 15) is 0 Å². The van der Waals surface area contributed by atoms with E-state index >= 15 is 0 Å². The van der Waals surface area contributed by atoms with Crippen LogP contribution in [-0.4, -0.2) is 11.4 Å². The summed E-state index contributed by atoms with van der Waals surface area (Å²) >= 11 is 3.98. The van der Waals surface area contributed by atoms with Crippen LogP contribution in [0.3, 0.4) is 0 Å². The first kappa shape index (κ1) is 45.6. The van der Waals surface area contributed by atoms with Gasteiger partial charge in [-0.15, -0.1) is 22.7 Å². The average molecular weight is 1020 g/mol. The maximum Gasteiger partial charge on any atom is 0.343 e. The molecule has 0 N–H and O–H groups in total. The molecule has 0 fully saturated rings. The van der Waals surface area contributed by atoms with Gasteiger partial charge in [0.05, 0.1) is 22.1 Å². The molecule has 4 aromatic heterocycles. The van der Waals surface area contributed by atoms with Gasteiger partial charge in [-0.25, -0.2) is 0 Å². The van der Waals surface area contributed by atoms with Crippen molar-refractivity contribution in [1.29, 1.82) is 0 Å². The van der Waals surface area contributed by atoms with Crippen LogP contribution in [0.2, 0.25) is 0 Å². The van der Waals surface area contributed by atoms with Crippen molar-refractivity contribution in [2.75, 3.05) is 4.81 Å². The highest BCUT2D eigenvalue weighted by molar-refractivity contribution is 7.32. The molecule has 6 heteroatoms.